The number of hydrogen-bond donors (Lipinski definition) is 0. The topological polar surface area (TPSA) is 46.3 Å². The second kappa shape index (κ2) is 9.47. The molecule has 1 aliphatic heterocycles. The number of hydrogen-bond acceptors (Lipinski definition) is 3. The molecule has 0 bridgehead atoms. The normalized spacial score (nSPS) is 15.1. The van der Waals surface area contributed by atoms with Crippen molar-refractivity contribution >= 4 is 16.8 Å². The maximum absolute atomic E-state index is 13.0. The van der Waals surface area contributed by atoms with E-state index in [-0.39, 0.29) is 5.91 Å². The molecule has 0 unspecified atom stereocenters. The van der Waals surface area contributed by atoms with Crippen LogP contribution in [0.1, 0.15) is 43.9 Å². The fraction of sp³-hybridized carbons (Fsp3) is 0.500. The van der Waals surface area contributed by atoms with E-state index in [1.807, 2.05) is 10.9 Å². The highest BCUT2D eigenvalue weighted by Crippen LogP contribution is 2.23. The van der Waals surface area contributed by atoms with Gasteiger partial charge < -0.3 is 9.47 Å². The summed E-state index contributed by atoms with van der Waals surface area (Å²) in [6.45, 7) is 6.91. The molecule has 6 heteroatoms. The van der Waals surface area contributed by atoms with E-state index in [2.05, 4.69) is 70.0 Å². The van der Waals surface area contributed by atoms with Gasteiger partial charge >= 0.3 is 0 Å². The highest BCUT2D eigenvalue weighted by Gasteiger charge is 2.18. The first-order valence-electron chi connectivity index (χ1n) is 11.2. The van der Waals surface area contributed by atoms with Crippen molar-refractivity contribution in [2.45, 2.75) is 58.8 Å². The van der Waals surface area contributed by atoms with Gasteiger partial charge in [-0.05, 0) is 44.5 Å². The number of para-hydroxylation sites is 1. The number of rotatable bonds is 7. The van der Waals surface area contributed by atoms with Gasteiger partial charge in [0.1, 0.15) is 6.54 Å². The van der Waals surface area contributed by atoms with Crippen molar-refractivity contribution in [2.75, 3.05) is 20.1 Å². The van der Waals surface area contributed by atoms with Crippen molar-refractivity contribution in [3.8, 4) is 0 Å². The number of nitrogens with zero attached hydrogens (tertiary/aromatic N) is 5. The largest absolute Gasteiger partial charge is 0.341 e. The molecular formula is C24H33N5O. The summed E-state index contributed by atoms with van der Waals surface area (Å²) < 4.78 is 4.18. The summed E-state index contributed by atoms with van der Waals surface area (Å²) >= 11 is 0. The minimum atomic E-state index is 0.240. The van der Waals surface area contributed by atoms with Gasteiger partial charge in [-0.3, -0.25) is 14.4 Å². The fourth-order valence-electron chi connectivity index (χ4n) is 4.55. The van der Waals surface area contributed by atoms with Gasteiger partial charge in [0.25, 0.3) is 0 Å². The molecule has 0 aliphatic carbocycles. The summed E-state index contributed by atoms with van der Waals surface area (Å²) in [4.78, 5) is 17.3. The first kappa shape index (κ1) is 20.7. The van der Waals surface area contributed by atoms with Crippen LogP contribution < -0.4 is 0 Å². The van der Waals surface area contributed by atoms with E-state index in [1.165, 1.54) is 29.5 Å². The van der Waals surface area contributed by atoms with Crippen molar-refractivity contribution in [3.63, 3.8) is 0 Å². The Kier molecular flexibility index (Phi) is 6.53. The number of carbonyl (C=O) groups is 1. The molecule has 0 radical (unpaired) electrons. The van der Waals surface area contributed by atoms with Gasteiger partial charge in [0.2, 0.25) is 5.91 Å². The van der Waals surface area contributed by atoms with Crippen molar-refractivity contribution in [2.24, 2.45) is 0 Å². The van der Waals surface area contributed by atoms with Crippen LogP contribution in [0.5, 0.6) is 0 Å². The lowest BCUT2D eigenvalue weighted by Gasteiger charge is -2.20. The van der Waals surface area contributed by atoms with E-state index >= 15 is 0 Å². The van der Waals surface area contributed by atoms with Crippen LogP contribution >= 0.6 is 0 Å². The third-order valence-electron chi connectivity index (χ3n) is 6.11. The molecule has 3 heterocycles. The molecule has 30 heavy (non-hydrogen) atoms. The predicted octanol–water partition coefficient (Wildman–Crippen LogP) is 3.89. The molecule has 0 atom stereocenters. The Hall–Kier alpha value is -2.60. The van der Waals surface area contributed by atoms with Gasteiger partial charge in [0.05, 0.1) is 5.69 Å². The predicted molar refractivity (Wildman–Crippen MR) is 120 cm³/mol. The zero-order valence-corrected chi connectivity index (χ0v) is 18.3. The Morgan fingerprint density at radius 2 is 1.83 bits per heavy atom. The van der Waals surface area contributed by atoms with Crippen LogP contribution in [0.2, 0.25) is 0 Å². The molecule has 3 aromatic rings. The first-order valence-corrected chi connectivity index (χ1v) is 11.2. The summed E-state index contributed by atoms with van der Waals surface area (Å²) in [5.41, 5.74) is 3.63. The van der Waals surface area contributed by atoms with Crippen LogP contribution in [0.4, 0.5) is 0 Å². The van der Waals surface area contributed by atoms with E-state index in [0.717, 1.165) is 51.1 Å². The molecule has 1 aliphatic rings. The lowest BCUT2D eigenvalue weighted by atomic mass is 10.1. The third kappa shape index (κ3) is 4.59. The molecule has 4 rings (SSSR count). The number of aromatic nitrogens is 3. The third-order valence-corrected chi connectivity index (χ3v) is 6.11. The highest BCUT2D eigenvalue weighted by molar-refractivity contribution is 5.86. The average Bonchev–Trinajstić information content (AvgIpc) is 3.21. The molecular weight excluding hydrogens is 374 g/mol. The monoisotopic (exact) mass is 407 g/mol. The van der Waals surface area contributed by atoms with Crippen molar-refractivity contribution in [1.82, 2.24) is 24.1 Å². The lowest BCUT2D eigenvalue weighted by Crippen LogP contribution is -2.34. The fourth-order valence-corrected chi connectivity index (χ4v) is 4.55. The molecule has 160 valence electrons. The standard InChI is InChI=1S/C24H33N5O/c1-3-29-21(12-13-25-29)18-26(2)16-20-17-28(23-11-7-6-10-22(20)23)19-24(30)27-14-8-4-5-9-15-27/h6-7,10-13,17H,3-5,8-9,14-16,18-19H2,1-2H3. The Labute approximate surface area is 179 Å². The van der Waals surface area contributed by atoms with Crippen LogP contribution in [0, 0.1) is 0 Å². The molecule has 0 N–H and O–H groups in total. The molecule has 0 spiro atoms. The van der Waals surface area contributed by atoms with E-state index in [0.29, 0.717) is 6.54 Å². The number of amides is 1. The molecule has 6 nitrogen and oxygen atoms in total. The molecule has 0 saturated carbocycles. The van der Waals surface area contributed by atoms with Crippen LogP contribution in [-0.4, -0.2) is 50.2 Å². The summed E-state index contributed by atoms with van der Waals surface area (Å²) in [6.07, 6.45) is 8.78. The van der Waals surface area contributed by atoms with E-state index in [9.17, 15) is 4.79 Å². The van der Waals surface area contributed by atoms with Gasteiger partial charge in [-0.2, -0.15) is 5.10 Å². The maximum Gasteiger partial charge on any atom is 0.242 e. The second-order valence-electron chi connectivity index (χ2n) is 8.40. The van der Waals surface area contributed by atoms with Crippen LogP contribution in [0.15, 0.2) is 42.7 Å². The average molecular weight is 408 g/mol. The minimum Gasteiger partial charge on any atom is -0.341 e. The number of benzene rings is 1. The number of fused-ring (bicyclic) bond motifs is 1. The van der Waals surface area contributed by atoms with Gasteiger partial charge in [-0.1, -0.05) is 31.0 Å². The van der Waals surface area contributed by atoms with E-state index in [4.69, 9.17) is 0 Å². The van der Waals surface area contributed by atoms with Crippen molar-refractivity contribution < 1.29 is 4.79 Å². The van der Waals surface area contributed by atoms with E-state index < -0.39 is 0 Å². The van der Waals surface area contributed by atoms with Gasteiger partial charge in [-0.15, -0.1) is 0 Å². The first-order chi connectivity index (χ1) is 14.7. The van der Waals surface area contributed by atoms with E-state index in [1.54, 1.807) is 0 Å². The molecule has 2 aromatic heterocycles. The second-order valence-corrected chi connectivity index (χ2v) is 8.40. The Balaban J connectivity index is 1.51. The smallest absolute Gasteiger partial charge is 0.242 e. The van der Waals surface area contributed by atoms with Crippen molar-refractivity contribution in [1.29, 1.82) is 0 Å². The molecule has 1 amide bonds. The van der Waals surface area contributed by atoms with Gasteiger partial charge in [-0.25, -0.2) is 0 Å². The Morgan fingerprint density at radius 1 is 1.07 bits per heavy atom. The summed E-state index contributed by atoms with van der Waals surface area (Å²) in [6, 6.07) is 10.5. The highest BCUT2D eigenvalue weighted by atomic mass is 16.2. The maximum atomic E-state index is 13.0. The lowest BCUT2D eigenvalue weighted by molar-refractivity contribution is -0.131. The summed E-state index contributed by atoms with van der Waals surface area (Å²) in [5.74, 6) is 0.240. The summed E-state index contributed by atoms with van der Waals surface area (Å²) in [5, 5.41) is 5.61. The zero-order chi connectivity index (χ0) is 20.9. The SMILES string of the molecule is CCn1nccc1CN(C)Cc1cn(CC(=O)N2CCCCCC2)c2ccccc12. The Morgan fingerprint density at radius 3 is 2.60 bits per heavy atom. The number of likely N-dealkylation sites (tertiary alicyclic amines) is 1. The van der Waals surface area contributed by atoms with Crippen LogP contribution in [0.3, 0.4) is 0 Å². The van der Waals surface area contributed by atoms with Crippen LogP contribution in [0.25, 0.3) is 10.9 Å². The minimum absolute atomic E-state index is 0.240. The van der Waals surface area contributed by atoms with Crippen molar-refractivity contribution in [3.05, 3.63) is 54.0 Å². The Bertz CT molecular complexity index is 981. The number of carbonyl (C=O) groups excluding carboxylic acids is 1. The van der Waals surface area contributed by atoms with Gasteiger partial charge in [0, 0.05) is 56.0 Å². The van der Waals surface area contributed by atoms with Crippen LogP contribution in [-0.2, 0) is 31.0 Å². The molecule has 1 fully saturated rings. The zero-order valence-electron chi connectivity index (χ0n) is 18.3. The molecule has 1 aromatic carbocycles. The summed E-state index contributed by atoms with van der Waals surface area (Å²) in [7, 11) is 2.14. The van der Waals surface area contributed by atoms with Gasteiger partial charge in [0.15, 0.2) is 0 Å². The quantitative estimate of drug-likeness (QED) is 0.597. The molecule has 1 saturated heterocycles. The number of aryl methyl sites for hydroxylation is 1.